The van der Waals surface area contributed by atoms with E-state index in [9.17, 15) is 9.59 Å². The maximum Gasteiger partial charge on any atom is 0.320 e. The van der Waals surface area contributed by atoms with Crippen LogP contribution in [0.15, 0.2) is 0 Å². The van der Waals surface area contributed by atoms with Crippen molar-refractivity contribution in [3.63, 3.8) is 0 Å². The fourth-order valence-corrected chi connectivity index (χ4v) is 1.70. The normalized spacial score (nSPS) is 14.1. The minimum Gasteiger partial charge on any atom is -0.480 e. The van der Waals surface area contributed by atoms with Gasteiger partial charge in [0.1, 0.15) is 12.1 Å². The molecule has 18 heavy (non-hydrogen) atoms. The fraction of sp³-hybridized carbons (Fsp3) is 0.833. The van der Waals surface area contributed by atoms with Gasteiger partial charge in [0.25, 0.3) is 0 Å². The molecule has 0 aromatic heterocycles. The van der Waals surface area contributed by atoms with Crippen molar-refractivity contribution < 1.29 is 19.8 Å². The first-order valence-electron chi connectivity index (χ1n) is 6.45. The van der Waals surface area contributed by atoms with Gasteiger partial charge in [-0.05, 0) is 12.8 Å². The Bertz CT molecular complexity index is 232. The molecule has 0 aromatic carbocycles. The molecular weight excluding hydrogens is 236 g/mol. The first kappa shape index (κ1) is 16.9. The summed E-state index contributed by atoms with van der Waals surface area (Å²) in [5.41, 5.74) is 0. The summed E-state index contributed by atoms with van der Waals surface area (Å²) in [5.74, 6) is -1.72. The van der Waals surface area contributed by atoms with E-state index in [0.29, 0.717) is 25.9 Å². The van der Waals surface area contributed by atoms with Crippen molar-refractivity contribution in [3.8, 4) is 0 Å². The van der Waals surface area contributed by atoms with Crippen LogP contribution in [-0.4, -0.2) is 47.3 Å². The van der Waals surface area contributed by atoms with E-state index in [1.165, 1.54) is 0 Å². The Kier molecular flexibility index (Phi) is 9.22. The molecule has 6 heteroatoms. The third-order valence-corrected chi connectivity index (χ3v) is 2.66. The summed E-state index contributed by atoms with van der Waals surface area (Å²) >= 11 is 0. The lowest BCUT2D eigenvalue weighted by molar-refractivity contribution is -0.141. The zero-order valence-corrected chi connectivity index (χ0v) is 11.1. The largest absolute Gasteiger partial charge is 0.480 e. The second-order valence-corrected chi connectivity index (χ2v) is 4.27. The number of hydrogen-bond acceptors (Lipinski definition) is 4. The lowest BCUT2D eigenvalue weighted by Gasteiger charge is -2.16. The monoisotopic (exact) mass is 260 g/mol. The molecule has 0 bridgehead atoms. The minimum absolute atomic E-state index is 0.449. The Morgan fingerprint density at radius 1 is 0.889 bits per heavy atom. The molecule has 2 atom stereocenters. The van der Waals surface area contributed by atoms with Crippen LogP contribution in [0.1, 0.15) is 39.5 Å². The molecule has 0 heterocycles. The molecule has 0 spiro atoms. The third kappa shape index (κ3) is 7.24. The Hall–Kier alpha value is -1.14. The Morgan fingerprint density at radius 2 is 1.22 bits per heavy atom. The summed E-state index contributed by atoms with van der Waals surface area (Å²) in [4.78, 5) is 21.7. The van der Waals surface area contributed by atoms with Crippen molar-refractivity contribution in [3.05, 3.63) is 0 Å². The SMILES string of the molecule is CCC[C@H](NCCN[C@H](CCC)C(=O)O)C(=O)O. The van der Waals surface area contributed by atoms with E-state index in [1.807, 2.05) is 13.8 Å². The van der Waals surface area contributed by atoms with E-state index in [0.717, 1.165) is 12.8 Å². The van der Waals surface area contributed by atoms with Gasteiger partial charge in [0.2, 0.25) is 0 Å². The molecule has 0 fully saturated rings. The molecule has 0 amide bonds. The van der Waals surface area contributed by atoms with Crippen LogP contribution in [0, 0.1) is 0 Å². The molecule has 4 N–H and O–H groups in total. The van der Waals surface area contributed by atoms with Crippen LogP contribution in [0.4, 0.5) is 0 Å². The molecule has 0 saturated heterocycles. The van der Waals surface area contributed by atoms with Gasteiger partial charge < -0.3 is 20.8 Å². The highest BCUT2D eigenvalue weighted by Crippen LogP contribution is 1.97. The first-order valence-corrected chi connectivity index (χ1v) is 6.45. The van der Waals surface area contributed by atoms with Gasteiger partial charge in [-0.3, -0.25) is 9.59 Å². The van der Waals surface area contributed by atoms with Gasteiger partial charge in [0, 0.05) is 13.1 Å². The van der Waals surface area contributed by atoms with Crippen molar-refractivity contribution in [2.45, 2.75) is 51.6 Å². The molecule has 0 radical (unpaired) electrons. The van der Waals surface area contributed by atoms with Crippen LogP contribution < -0.4 is 10.6 Å². The van der Waals surface area contributed by atoms with Crippen molar-refractivity contribution >= 4 is 11.9 Å². The van der Waals surface area contributed by atoms with Crippen LogP contribution >= 0.6 is 0 Å². The quantitative estimate of drug-likeness (QED) is 0.408. The summed E-state index contributed by atoms with van der Waals surface area (Å²) in [6, 6.07) is -1.10. The van der Waals surface area contributed by atoms with E-state index in [2.05, 4.69) is 10.6 Å². The number of rotatable bonds is 11. The molecule has 0 rings (SSSR count). The van der Waals surface area contributed by atoms with E-state index in [1.54, 1.807) is 0 Å². The standard InChI is InChI=1S/C12H24N2O4/c1-3-5-9(11(15)16)13-7-8-14-10(6-4-2)12(17)18/h9-10,13-14H,3-8H2,1-2H3,(H,15,16)(H,17,18)/t9-,10+. The zero-order chi connectivity index (χ0) is 14.0. The molecule has 106 valence electrons. The zero-order valence-electron chi connectivity index (χ0n) is 11.1. The van der Waals surface area contributed by atoms with Crippen molar-refractivity contribution in [2.24, 2.45) is 0 Å². The summed E-state index contributed by atoms with van der Waals surface area (Å²) in [6.45, 7) is 4.75. The molecule has 0 aliphatic rings. The highest BCUT2D eigenvalue weighted by Gasteiger charge is 2.17. The maximum absolute atomic E-state index is 10.9. The van der Waals surface area contributed by atoms with E-state index < -0.39 is 24.0 Å². The van der Waals surface area contributed by atoms with Crippen LogP contribution in [0.2, 0.25) is 0 Å². The number of hydrogen-bond donors (Lipinski definition) is 4. The van der Waals surface area contributed by atoms with Crippen LogP contribution in [-0.2, 0) is 9.59 Å². The average Bonchev–Trinajstić information content (AvgIpc) is 2.30. The molecular formula is C12H24N2O4. The molecule has 0 aliphatic carbocycles. The summed E-state index contributed by atoms with van der Waals surface area (Å²) in [5, 5.41) is 23.6. The summed E-state index contributed by atoms with van der Waals surface area (Å²) in [7, 11) is 0. The highest BCUT2D eigenvalue weighted by molar-refractivity contribution is 5.73. The first-order chi connectivity index (χ1) is 8.52. The lowest BCUT2D eigenvalue weighted by atomic mass is 10.1. The van der Waals surface area contributed by atoms with E-state index in [4.69, 9.17) is 10.2 Å². The Morgan fingerprint density at radius 3 is 1.44 bits per heavy atom. The number of carboxylic acid groups (broad SMARTS) is 2. The number of carboxylic acids is 2. The van der Waals surface area contributed by atoms with Gasteiger partial charge in [0.05, 0.1) is 0 Å². The van der Waals surface area contributed by atoms with Crippen LogP contribution in [0.3, 0.4) is 0 Å². The molecule has 0 saturated carbocycles. The molecule has 0 unspecified atom stereocenters. The van der Waals surface area contributed by atoms with Crippen LogP contribution in [0.25, 0.3) is 0 Å². The second kappa shape index (κ2) is 9.85. The molecule has 0 aliphatic heterocycles. The lowest BCUT2D eigenvalue weighted by Crippen LogP contribution is -2.44. The van der Waals surface area contributed by atoms with Crippen molar-refractivity contribution in [2.75, 3.05) is 13.1 Å². The van der Waals surface area contributed by atoms with Gasteiger partial charge in [-0.2, -0.15) is 0 Å². The van der Waals surface area contributed by atoms with Crippen molar-refractivity contribution in [1.29, 1.82) is 0 Å². The van der Waals surface area contributed by atoms with Gasteiger partial charge in [-0.25, -0.2) is 0 Å². The third-order valence-electron chi connectivity index (χ3n) is 2.66. The predicted molar refractivity (Wildman–Crippen MR) is 68.7 cm³/mol. The number of nitrogens with one attached hydrogen (secondary N) is 2. The highest BCUT2D eigenvalue weighted by atomic mass is 16.4. The van der Waals surface area contributed by atoms with Crippen LogP contribution in [0.5, 0.6) is 0 Å². The number of aliphatic carboxylic acids is 2. The molecule has 0 aromatic rings. The second-order valence-electron chi connectivity index (χ2n) is 4.27. The number of carbonyl (C=O) groups is 2. The van der Waals surface area contributed by atoms with Gasteiger partial charge in [0.15, 0.2) is 0 Å². The summed E-state index contributed by atoms with van der Waals surface area (Å²) in [6.07, 6.45) is 2.75. The van der Waals surface area contributed by atoms with Gasteiger partial charge >= 0.3 is 11.9 Å². The summed E-state index contributed by atoms with van der Waals surface area (Å²) < 4.78 is 0. The Labute approximate surface area is 108 Å². The van der Waals surface area contributed by atoms with E-state index in [-0.39, 0.29) is 0 Å². The topological polar surface area (TPSA) is 98.7 Å². The average molecular weight is 260 g/mol. The van der Waals surface area contributed by atoms with Gasteiger partial charge in [-0.15, -0.1) is 0 Å². The maximum atomic E-state index is 10.9. The van der Waals surface area contributed by atoms with Gasteiger partial charge in [-0.1, -0.05) is 26.7 Å². The smallest absolute Gasteiger partial charge is 0.320 e. The molecule has 6 nitrogen and oxygen atoms in total. The van der Waals surface area contributed by atoms with Crippen molar-refractivity contribution in [1.82, 2.24) is 10.6 Å². The fourth-order valence-electron chi connectivity index (χ4n) is 1.70. The Balaban J connectivity index is 3.87. The minimum atomic E-state index is -0.861. The predicted octanol–water partition coefficient (Wildman–Crippen LogP) is 0.672. The van der Waals surface area contributed by atoms with E-state index >= 15 is 0 Å².